The second-order valence-corrected chi connectivity index (χ2v) is 11.5. The molecule has 4 aliphatic heterocycles. The van der Waals surface area contributed by atoms with Gasteiger partial charge in [-0.15, -0.1) is 11.3 Å². The molecule has 0 aliphatic carbocycles. The SMILES string of the molecule is CC(C(=O)O[C@H]1C[N+]2(CC(=O)Nc3cccc(F)c3)CCC1CC2)(c1cccs1)N1CCCCC1. The van der Waals surface area contributed by atoms with Crippen molar-refractivity contribution in [2.75, 3.05) is 44.6 Å². The third-order valence-corrected chi connectivity index (χ3v) is 9.35. The number of carbonyl (C=O) groups is 2. The van der Waals surface area contributed by atoms with Crippen molar-refractivity contribution in [3.8, 4) is 0 Å². The van der Waals surface area contributed by atoms with Crippen LogP contribution in [0.3, 0.4) is 0 Å². The van der Waals surface area contributed by atoms with Gasteiger partial charge in [-0.25, -0.2) is 9.18 Å². The van der Waals surface area contributed by atoms with Crippen LogP contribution in [0.15, 0.2) is 41.8 Å². The van der Waals surface area contributed by atoms with Gasteiger partial charge in [-0.2, -0.15) is 0 Å². The van der Waals surface area contributed by atoms with Gasteiger partial charge in [-0.3, -0.25) is 9.69 Å². The van der Waals surface area contributed by atoms with Crippen LogP contribution in [0.25, 0.3) is 0 Å². The predicted molar refractivity (Wildman–Crippen MR) is 134 cm³/mol. The summed E-state index contributed by atoms with van der Waals surface area (Å²) in [4.78, 5) is 30.0. The van der Waals surface area contributed by atoms with Crippen molar-refractivity contribution < 1.29 is 23.2 Å². The average molecular weight is 501 g/mol. The molecule has 1 N–H and O–H groups in total. The van der Waals surface area contributed by atoms with Crippen molar-refractivity contribution in [2.45, 2.75) is 50.7 Å². The van der Waals surface area contributed by atoms with E-state index in [0.29, 0.717) is 29.2 Å². The maximum atomic E-state index is 13.8. The van der Waals surface area contributed by atoms with Gasteiger partial charge >= 0.3 is 5.97 Å². The molecular weight excluding hydrogens is 465 g/mol. The van der Waals surface area contributed by atoms with Gasteiger partial charge in [0.1, 0.15) is 12.4 Å². The highest BCUT2D eigenvalue weighted by Gasteiger charge is 2.51. The van der Waals surface area contributed by atoms with Gasteiger partial charge in [0.2, 0.25) is 0 Å². The summed E-state index contributed by atoms with van der Waals surface area (Å²) in [5, 5.41) is 4.86. The molecule has 5 heterocycles. The zero-order valence-electron chi connectivity index (χ0n) is 20.4. The first-order chi connectivity index (χ1) is 16.9. The van der Waals surface area contributed by atoms with E-state index < -0.39 is 5.54 Å². The molecule has 6 nitrogen and oxygen atoms in total. The fourth-order valence-corrected chi connectivity index (χ4v) is 7.09. The highest BCUT2D eigenvalue weighted by Crippen LogP contribution is 2.39. The summed E-state index contributed by atoms with van der Waals surface area (Å²) >= 11 is 1.61. The third-order valence-electron chi connectivity index (χ3n) is 8.27. The van der Waals surface area contributed by atoms with E-state index in [9.17, 15) is 14.0 Å². The van der Waals surface area contributed by atoms with Crippen LogP contribution in [0.5, 0.6) is 0 Å². The highest BCUT2D eigenvalue weighted by molar-refractivity contribution is 7.10. The number of likely N-dealkylation sites (tertiary alicyclic amines) is 1. The fourth-order valence-electron chi connectivity index (χ4n) is 6.18. The number of quaternary nitrogens is 1. The van der Waals surface area contributed by atoms with Crippen molar-refractivity contribution in [3.63, 3.8) is 0 Å². The molecule has 1 unspecified atom stereocenters. The number of esters is 1. The van der Waals surface area contributed by atoms with Crippen LogP contribution in [0.1, 0.15) is 43.9 Å². The number of amides is 1. The summed E-state index contributed by atoms with van der Waals surface area (Å²) in [5.74, 6) is -0.317. The number of halogens is 1. The quantitative estimate of drug-likeness (QED) is 0.453. The van der Waals surface area contributed by atoms with Crippen LogP contribution >= 0.6 is 11.3 Å². The summed E-state index contributed by atoms with van der Waals surface area (Å²) in [5.41, 5.74) is -0.309. The van der Waals surface area contributed by atoms with E-state index in [1.54, 1.807) is 23.5 Å². The summed E-state index contributed by atoms with van der Waals surface area (Å²) in [7, 11) is 0. The van der Waals surface area contributed by atoms with Crippen molar-refractivity contribution in [1.82, 2.24) is 4.90 Å². The smallest absolute Gasteiger partial charge is 0.332 e. The van der Waals surface area contributed by atoms with Crippen molar-refractivity contribution in [1.29, 1.82) is 0 Å². The number of carbonyl (C=O) groups excluding carboxylic acids is 2. The zero-order chi connectivity index (χ0) is 24.5. The molecule has 0 radical (unpaired) electrons. The van der Waals surface area contributed by atoms with Crippen LogP contribution in [-0.4, -0.2) is 66.6 Å². The number of nitrogens with one attached hydrogen (secondary N) is 1. The van der Waals surface area contributed by atoms with Crippen molar-refractivity contribution in [2.24, 2.45) is 5.92 Å². The molecule has 188 valence electrons. The number of anilines is 1. The Bertz CT molecular complexity index is 1050. The molecule has 1 aromatic carbocycles. The lowest BCUT2D eigenvalue weighted by molar-refractivity contribution is -0.939. The summed E-state index contributed by atoms with van der Waals surface area (Å²) in [6, 6.07) is 10.0. The largest absolute Gasteiger partial charge is 0.454 e. The lowest BCUT2D eigenvalue weighted by atomic mass is 9.83. The number of piperidine rings is 4. The van der Waals surface area contributed by atoms with Crippen LogP contribution < -0.4 is 5.32 Å². The number of thiophene rings is 1. The van der Waals surface area contributed by atoms with E-state index in [0.717, 1.165) is 56.7 Å². The summed E-state index contributed by atoms with van der Waals surface area (Å²) < 4.78 is 20.5. The molecule has 0 saturated carbocycles. The molecule has 2 bridgehead atoms. The maximum Gasteiger partial charge on any atom is 0.332 e. The van der Waals surface area contributed by atoms with Gasteiger partial charge in [-0.1, -0.05) is 18.6 Å². The van der Waals surface area contributed by atoms with Gasteiger partial charge in [0.25, 0.3) is 5.91 Å². The van der Waals surface area contributed by atoms with Gasteiger partial charge in [0.05, 0.1) is 13.1 Å². The van der Waals surface area contributed by atoms with Crippen LogP contribution in [0, 0.1) is 11.7 Å². The topological polar surface area (TPSA) is 58.6 Å². The highest BCUT2D eigenvalue weighted by atomic mass is 32.1. The minimum atomic E-state index is -0.778. The molecule has 1 amide bonds. The Labute approximate surface area is 210 Å². The van der Waals surface area contributed by atoms with Crippen molar-refractivity contribution in [3.05, 3.63) is 52.5 Å². The number of rotatable bonds is 7. The van der Waals surface area contributed by atoms with Gasteiger partial charge < -0.3 is 14.5 Å². The Morgan fingerprint density at radius 1 is 1.17 bits per heavy atom. The predicted octanol–water partition coefficient (Wildman–Crippen LogP) is 4.38. The number of nitrogens with zero attached hydrogens (tertiary/aromatic N) is 2. The van der Waals surface area contributed by atoms with Gasteiger partial charge in [0.15, 0.2) is 18.2 Å². The molecule has 4 aliphatic rings. The Morgan fingerprint density at radius 3 is 2.63 bits per heavy atom. The van der Waals surface area contributed by atoms with Crippen LogP contribution in [0.4, 0.5) is 10.1 Å². The van der Waals surface area contributed by atoms with E-state index >= 15 is 0 Å². The van der Waals surface area contributed by atoms with E-state index in [1.165, 1.54) is 18.6 Å². The average Bonchev–Trinajstić information content (AvgIpc) is 3.40. The second kappa shape index (κ2) is 9.99. The Hall–Kier alpha value is -2.29. The number of fused-ring (bicyclic) bond motifs is 3. The number of hydrogen-bond acceptors (Lipinski definition) is 5. The molecule has 4 fully saturated rings. The number of ether oxygens (including phenoxy) is 1. The molecule has 2 atom stereocenters. The Morgan fingerprint density at radius 2 is 1.94 bits per heavy atom. The summed E-state index contributed by atoms with van der Waals surface area (Å²) in [6.45, 7) is 6.60. The fraction of sp³-hybridized carbons (Fsp3) is 0.556. The normalized spacial score (nSPS) is 28.3. The first kappa shape index (κ1) is 24.4. The maximum absolute atomic E-state index is 13.8. The van der Waals surface area contributed by atoms with E-state index in [2.05, 4.69) is 10.2 Å². The number of benzene rings is 1. The van der Waals surface area contributed by atoms with E-state index in [4.69, 9.17) is 4.74 Å². The van der Waals surface area contributed by atoms with E-state index in [1.807, 2.05) is 24.4 Å². The molecule has 4 saturated heterocycles. The zero-order valence-corrected chi connectivity index (χ0v) is 21.2. The molecular formula is C27H35FN3O3S+. The van der Waals surface area contributed by atoms with Gasteiger partial charge in [0, 0.05) is 29.3 Å². The monoisotopic (exact) mass is 500 g/mol. The molecule has 2 aromatic rings. The molecule has 8 heteroatoms. The molecule has 0 spiro atoms. The lowest BCUT2D eigenvalue weighted by Gasteiger charge is -2.52. The summed E-state index contributed by atoms with van der Waals surface area (Å²) in [6.07, 6.45) is 5.11. The third kappa shape index (κ3) is 5.01. The van der Waals surface area contributed by atoms with E-state index in [-0.39, 0.29) is 23.8 Å². The molecule has 35 heavy (non-hydrogen) atoms. The standard InChI is InChI=1S/C27H34FN3O3S/c1-27(24-9-6-16-35-24,30-12-3-2-4-13-30)26(33)34-23-18-31(14-10-20(23)11-15-31)19-25(32)29-22-8-5-7-21(28)17-22/h5-9,16-17,20,23H,2-4,10-15,18-19H2,1H3/p+1/t20?,23-,27?,31?/m0/s1. The first-order valence-electron chi connectivity index (χ1n) is 12.8. The Kier molecular flexibility index (Phi) is 6.97. The minimum absolute atomic E-state index is 0.127. The second-order valence-electron chi connectivity index (χ2n) is 10.6. The number of hydrogen-bond donors (Lipinski definition) is 1. The van der Waals surface area contributed by atoms with Crippen LogP contribution in [-0.2, 0) is 19.9 Å². The van der Waals surface area contributed by atoms with Gasteiger partial charge in [-0.05, 0) is 62.5 Å². The lowest BCUT2D eigenvalue weighted by Crippen LogP contribution is -2.66. The molecule has 1 aromatic heterocycles. The van der Waals surface area contributed by atoms with Crippen LogP contribution in [0.2, 0.25) is 0 Å². The molecule has 6 rings (SSSR count). The minimum Gasteiger partial charge on any atom is -0.454 e. The van der Waals surface area contributed by atoms with Crippen molar-refractivity contribution >= 4 is 28.9 Å². The first-order valence-corrected chi connectivity index (χ1v) is 13.7. The Balaban J connectivity index is 1.28.